The van der Waals surface area contributed by atoms with Crippen molar-refractivity contribution in [3.63, 3.8) is 0 Å². The standard InChI is InChI=1S/C16H20ClNO4/c1-10-12-8-11(17)4-5-13(12)22-14(10)15(20)18-16(2,6-7-19)9-21-3/h4-5,8,19H,6-7,9H2,1-3H3,(H,18,20). The van der Waals surface area contributed by atoms with Crippen LogP contribution in [-0.4, -0.2) is 36.9 Å². The van der Waals surface area contributed by atoms with Crippen LogP contribution in [-0.2, 0) is 4.74 Å². The van der Waals surface area contributed by atoms with Crippen molar-refractivity contribution >= 4 is 28.5 Å². The second kappa shape index (κ2) is 6.69. The highest BCUT2D eigenvalue weighted by Gasteiger charge is 2.29. The molecule has 0 aliphatic carbocycles. The summed E-state index contributed by atoms with van der Waals surface area (Å²) >= 11 is 5.98. The molecule has 22 heavy (non-hydrogen) atoms. The molecule has 0 saturated heterocycles. The maximum absolute atomic E-state index is 12.5. The number of hydrogen-bond donors (Lipinski definition) is 2. The Hall–Kier alpha value is -1.56. The molecule has 5 nitrogen and oxygen atoms in total. The first kappa shape index (κ1) is 16.8. The van der Waals surface area contributed by atoms with Gasteiger partial charge in [-0.25, -0.2) is 0 Å². The summed E-state index contributed by atoms with van der Waals surface area (Å²) in [6, 6.07) is 5.23. The molecule has 2 N–H and O–H groups in total. The molecule has 0 aliphatic heterocycles. The van der Waals surface area contributed by atoms with E-state index in [0.717, 1.165) is 10.9 Å². The van der Waals surface area contributed by atoms with Gasteiger partial charge in [-0.15, -0.1) is 0 Å². The molecule has 1 aromatic heterocycles. The lowest BCUT2D eigenvalue weighted by Gasteiger charge is -2.29. The largest absolute Gasteiger partial charge is 0.451 e. The van der Waals surface area contributed by atoms with Crippen molar-refractivity contribution in [2.45, 2.75) is 25.8 Å². The van der Waals surface area contributed by atoms with Crippen LogP contribution in [0, 0.1) is 6.92 Å². The fourth-order valence-corrected chi connectivity index (χ4v) is 2.65. The van der Waals surface area contributed by atoms with E-state index in [1.165, 1.54) is 0 Å². The molecule has 1 unspecified atom stereocenters. The summed E-state index contributed by atoms with van der Waals surface area (Å²) in [5.74, 6) is -0.0876. The molecule has 0 spiro atoms. The fraction of sp³-hybridized carbons (Fsp3) is 0.438. The monoisotopic (exact) mass is 325 g/mol. The smallest absolute Gasteiger partial charge is 0.287 e. The third kappa shape index (κ3) is 3.43. The molecule has 1 amide bonds. The van der Waals surface area contributed by atoms with Gasteiger partial charge < -0.3 is 19.6 Å². The van der Waals surface area contributed by atoms with E-state index in [2.05, 4.69) is 5.32 Å². The Bertz CT molecular complexity index is 674. The van der Waals surface area contributed by atoms with Gasteiger partial charge in [-0.1, -0.05) is 11.6 Å². The number of aliphatic hydroxyl groups excluding tert-OH is 1. The number of amides is 1. The summed E-state index contributed by atoms with van der Waals surface area (Å²) in [6.07, 6.45) is 0.387. The number of hydrogen-bond acceptors (Lipinski definition) is 4. The minimum absolute atomic E-state index is 0.0468. The van der Waals surface area contributed by atoms with Crippen molar-refractivity contribution in [2.24, 2.45) is 0 Å². The summed E-state index contributed by atoms with van der Waals surface area (Å²) in [4.78, 5) is 12.5. The van der Waals surface area contributed by atoms with Gasteiger partial charge in [0.25, 0.3) is 5.91 Å². The van der Waals surface area contributed by atoms with E-state index in [0.29, 0.717) is 23.6 Å². The number of furan rings is 1. The van der Waals surface area contributed by atoms with Crippen LogP contribution in [0.3, 0.4) is 0 Å². The number of aryl methyl sites for hydroxylation is 1. The average Bonchev–Trinajstić information content (AvgIpc) is 2.76. The van der Waals surface area contributed by atoms with Gasteiger partial charge in [0, 0.05) is 29.7 Å². The molecule has 1 aromatic carbocycles. The summed E-state index contributed by atoms with van der Waals surface area (Å²) in [7, 11) is 1.55. The molecule has 0 bridgehead atoms. The highest BCUT2D eigenvalue weighted by molar-refractivity contribution is 6.31. The normalized spacial score (nSPS) is 14.0. The van der Waals surface area contributed by atoms with Gasteiger partial charge in [-0.05, 0) is 38.5 Å². The summed E-state index contributed by atoms with van der Waals surface area (Å²) in [5, 5.41) is 13.4. The van der Waals surface area contributed by atoms with Crippen LogP contribution in [0.4, 0.5) is 0 Å². The van der Waals surface area contributed by atoms with E-state index >= 15 is 0 Å². The summed E-state index contributed by atoms with van der Waals surface area (Å²) < 4.78 is 10.8. The lowest BCUT2D eigenvalue weighted by Crippen LogP contribution is -2.50. The summed E-state index contributed by atoms with van der Waals surface area (Å²) in [5.41, 5.74) is 0.685. The lowest BCUT2D eigenvalue weighted by atomic mass is 9.99. The first-order chi connectivity index (χ1) is 10.4. The zero-order valence-corrected chi connectivity index (χ0v) is 13.7. The van der Waals surface area contributed by atoms with Gasteiger partial charge in [0.1, 0.15) is 5.58 Å². The van der Waals surface area contributed by atoms with Gasteiger partial charge in [0.2, 0.25) is 0 Å². The van der Waals surface area contributed by atoms with Crippen LogP contribution in [0.1, 0.15) is 29.5 Å². The molecular formula is C16H20ClNO4. The second-order valence-electron chi connectivity index (χ2n) is 5.62. The predicted molar refractivity (Wildman–Crippen MR) is 85.4 cm³/mol. The van der Waals surface area contributed by atoms with Crippen LogP contribution in [0.25, 0.3) is 11.0 Å². The third-order valence-electron chi connectivity index (χ3n) is 3.65. The van der Waals surface area contributed by atoms with Crippen molar-refractivity contribution < 1.29 is 19.1 Å². The van der Waals surface area contributed by atoms with E-state index in [-0.39, 0.29) is 18.3 Å². The van der Waals surface area contributed by atoms with Crippen molar-refractivity contribution in [2.75, 3.05) is 20.3 Å². The Morgan fingerprint density at radius 2 is 2.23 bits per heavy atom. The van der Waals surface area contributed by atoms with Gasteiger partial charge in [-0.2, -0.15) is 0 Å². The number of ether oxygens (including phenoxy) is 1. The predicted octanol–water partition coefficient (Wildman–Crippen LogP) is 2.91. The molecule has 0 saturated carbocycles. The molecule has 6 heteroatoms. The molecule has 0 radical (unpaired) electrons. The SMILES string of the molecule is COCC(C)(CCO)NC(=O)c1oc2ccc(Cl)cc2c1C. The van der Waals surface area contributed by atoms with Crippen LogP contribution < -0.4 is 5.32 Å². The number of aliphatic hydroxyl groups is 1. The van der Waals surface area contributed by atoms with Crippen molar-refractivity contribution in [1.29, 1.82) is 0 Å². The Morgan fingerprint density at radius 3 is 2.86 bits per heavy atom. The maximum atomic E-state index is 12.5. The number of benzene rings is 1. The van der Waals surface area contributed by atoms with Gasteiger partial charge in [0.05, 0.1) is 12.1 Å². The topological polar surface area (TPSA) is 71.7 Å². The zero-order valence-electron chi connectivity index (χ0n) is 12.9. The number of fused-ring (bicyclic) bond motifs is 1. The first-order valence-electron chi connectivity index (χ1n) is 7.01. The number of nitrogens with one attached hydrogen (secondary N) is 1. The molecule has 1 heterocycles. The lowest BCUT2D eigenvalue weighted by molar-refractivity contribution is 0.0704. The minimum Gasteiger partial charge on any atom is -0.451 e. The van der Waals surface area contributed by atoms with Crippen LogP contribution in [0.5, 0.6) is 0 Å². The first-order valence-corrected chi connectivity index (χ1v) is 7.39. The third-order valence-corrected chi connectivity index (χ3v) is 3.88. The molecule has 1 atom stereocenters. The van der Waals surface area contributed by atoms with E-state index < -0.39 is 5.54 Å². The van der Waals surface area contributed by atoms with Gasteiger partial charge >= 0.3 is 0 Å². The number of carbonyl (C=O) groups excluding carboxylic acids is 1. The number of halogens is 1. The molecular weight excluding hydrogens is 306 g/mol. The Labute approximate surface area is 134 Å². The molecule has 0 fully saturated rings. The molecule has 2 rings (SSSR count). The quantitative estimate of drug-likeness (QED) is 0.856. The van der Waals surface area contributed by atoms with Crippen molar-refractivity contribution in [3.8, 4) is 0 Å². The highest BCUT2D eigenvalue weighted by Crippen LogP contribution is 2.28. The van der Waals surface area contributed by atoms with Crippen molar-refractivity contribution in [3.05, 3.63) is 34.5 Å². The van der Waals surface area contributed by atoms with E-state index in [1.54, 1.807) is 25.3 Å². The number of methoxy groups -OCH3 is 1. The molecule has 0 aliphatic rings. The van der Waals surface area contributed by atoms with Crippen LogP contribution in [0.15, 0.2) is 22.6 Å². The molecule has 120 valence electrons. The average molecular weight is 326 g/mol. The van der Waals surface area contributed by atoms with Gasteiger partial charge in [-0.3, -0.25) is 4.79 Å². The summed E-state index contributed by atoms with van der Waals surface area (Å²) in [6.45, 7) is 3.88. The van der Waals surface area contributed by atoms with Gasteiger partial charge in [0.15, 0.2) is 5.76 Å². The highest BCUT2D eigenvalue weighted by atomic mass is 35.5. The van der Waals surface area contributed by atoms with Crippen LogP contribution in [0.2, 0.25) is 5.02 Å². The molecule has 2 aromatic rings. The van der Waals surface area contributed by atoms with E-state index in [1.807, 2.05) is 13.8 Å². The number of carbonyl (C=O) groups is 1. The van der Waals surface area contributed by atoms with E-state index in [9.17, 15) is 4.79 Å². The minimum atomic E-state index is -0.663. The maximum Gasteiger partial charge on any atom is 0.287 e. The Morgan fingerprint density at radius 1 is 1.50 bits per heavy atom. The van der Waals surface area contributed by atoms with Crippen molar-refractivity contribution in [1.82, 2.24) is 5.32 Å². The second-order valence-corrected chi connectivity index (χ2v) is 6.05. The Kier molecular flexibility index (Phi) is 5.11. The zero-order chi connectivity index (χ0) is 16.3. The fourth-order valence-electron chi connectivity index (χ4n) is 2.48. The van der Waals surface area contributed by atoms with E-state index in [4.69, 9.17) is 25.9 Å². The van der Waals surface area contributed by atoms with Crippen LogP contribution >= 0.6 is 11.6 Å². The number of rotatable bonds is 6. The Balaban J connectivity index is 2.31.